The molecule has 2 aromatic rings. The number of nitrogens with zero attached hydrogens (tertiary/aromatic N) is 1. The van der Waals surface area contributed by atoms with Crippen LogP contribution >= 0.6 is 11.6 Å². The molecule has 5 heteroatoms. The lowest BCUT2D eigenvalue weighted by Crippen LogP contribution is -2.02. The molecule has 1 aromatic carbocycles. The SMILES string of the molecule is NCc1cc(COc2ccc(Cl)cc2F)ccn1. The monoisotopic (exact) mass is 266 g/mol. The molecule has 0 atom stereocenters. The van der Waals surface area contributed by atoms with Crippen LogP contribution in [0.2, 0.25) is 5.02 Å². The fraction of sp³-hybridized carbons (Fsp3) is 0.154. The number of rotatable bonds is 4. The normalized spacial score (nSPS) is 10.4. The molecule has 0 aliphatic carbocycles. The molecule has 3 nitrogen and oxygen atoms in total. The van der Waals surface area contributed by atoms with Crippen molar-refractivity contribution >= 4 is 11.6 Å². The second kappa shape index (κ2) is 5.80. The van der Waals surface area contributed by atoms with Gasteiger partial charge in [-0.3, -0.25) is 4.98 Å². The van der Waals surface area contributed by atoms with Gasteiger partial charge in [0.05, 0.1) is 5.69 Å². The number of hydrogen-bond acceptors (Lipinski definition) is 3. The van der Waals surface area contributed by atoms with Crippen molar-refractivity contribution in [3.8, 4) is 5.75 Å². The second-order valence-corrected chi connectivity index (χ2v) is 4.16. The van der Waals surface area contributed by atoms with E-state index in [0.717, 1.165) is 11.3 Å². The first-order valence-electron chi connectivity index (χ1n) is 5.41. The van der Waals surface area contributed by atoms with E-state index >= 15 is 0 Å². The average Bonchev–Trinajstić information content (AvgIpc) is 2.38. The number of aromatic nitrogens is 1. The van der Waals surface area contributed by atoms with Crippen molar-refractivity contribution in [2.45, 2.75) is 13.2 Å². The summed E-state index contributed by atoms with van der Waals surface area (Å²) < 4.78 is 18.8. The molecule has 0 unspecified atom stereocenters. The molecular formula is C13H12ClFN2O. The van der Waals surface area contributed by atoms with Crippen LogP contribution in [0.4, 0.5) is 4.39 Å². The van der Waals surface area contributed by atoms with Gasteiger partial charge in [-0.2, -0.15) is 0 Å². The zero-order chi connectivity index (χ0) is 13.0. The highest BCUT2D eigenvalue weighted by Crippen LogP contribution is 2.21. The molecule has 0 radical (unpaired) electrons. The maximum atomic E-state index is 13.5. The molecule has 0 saturated heterocycles. The summed E-state index contributed by atoms with van der Waals surface area (Å²) >= 11 is 5.66. The Morgan fingerprint density at radius 3 is 2.83 bits per heavy atom. The van der Waals surface area contributed by atoms with Crippen molar-refractivity contribution in [2.24, 2.45) is 5.73 Å². The van der Waals surface area contributed by atoms with Crippen molar-refractivity contribution in [1.29, 1.82) is 0 Å². The molecule has 1 heterocycles. The Kier molecular flexibility index (Phi) is 4.12. The Labute approximate surface area is 109 Å². The lowest BCUT2D eigenvalue weighted by Gasteiger charge is -2.08. The van der Waals surface area contributed by atoms with Crippen LogP contribution in [0.1, 0.15) is 11.3 Å². The lowest BCUT2D eigenvalue weighted by atomic mass is 10.2. The Morgan fingerprint density at radius 1 is 1.28 bits per heavy atom. The van der Waals surface area contributed by atoms with E-state index < -0.39 is 5.82 Å². The predicted molar refractivity (Wildman–Crippen MR) is 67.9 cm³/mol. The summed E-state index contributed by atoms with van der Waals surface area (Å²) in [5, 5.41) is 0.342. The fourth-order valence-corrected chi connectivity index (χ4v) is 1.64. The predicted octanol–water partition coefficient (Wildman–Crippen LogP) is 2.91. The van der Waals surface area contributed by atoms with Crippen LogP contribution in [0.5, 0.6) is 5.75 Å². The molecule has 0 fully saturated rings. The summed E-state index contributed by atoms with van der Waals surface area (Å²) in [4.78, 5) is 4.07. The molecule has 0 aliphatic heterocycles. The number of halogens is 2. The van der Waals surface area contributed by atoms with Gasteiger partial charge in [0.15, 0.2) is 11.6 Å². The maximum absolute atomic E-state index is 13.5. The van der Waals surface area contributed by atoms with E-state index in [2.05, 4.69) is 4.98 Å². The number of benzene rings is 1. The van der Waals surface area contributed by atoms with Crippen molar-refractivity contribution in [2.75, 3.05) is 0 Å². The van der Waals surface area contributed by atoms with Crippen molar-refractivity contribution in [3.63, 3.8) is 0 Å². The second-order valence-electron chi connectivity index (χ2n) is 3.72. The zero-order valence-corrected chi connectivity index (χ0v) is 10.3. The van der Waals surface area contributed by atoms with Gasteiger partial charge >= 0.3 is 0 Å². The minimum absolute atomic E-state index is 0.172. The summed E-state index contributed by atoms with van der Waals surface area (Å²) in [7, 11) is 0. The van der Waals surface area contributed by atoms with E-state index in [0.29, 0.717) is 11.6 Å². The molecule has 0 spiro atoms. The Hall–Kier alpha value is -1.65. The summed E-state index contributed by atoms with van der Waals surface area (Å²) in [6, 6.07) is 7.93. The highest BCUT2D eigenvalue weighted by molar-refractivity contribution is 6.30. The van der Waals surface area contributed by atoms with E-state index in [1.165, 1.54) is 12.1 Å². The average molecular weight is 267 g/mol. The Morgan fingerprint density at radius 2 is 2.11 bits per heavy atom. The lowest BCUT2D eigenvalue weighted by molar-refractivity contribution is 0.290. The zero-order valence-electron chi connectivity index (χ0n) is 9.57. The Balaban J connectivity index is 2.06. The van der Waals surface area contributed by atoms with E-state index in [9.17, 15) is 4.39 Å². The van der Waals surface area contributed by atoms with Crippen molar-refractivity contribution < 1.29 is 9.13 Å². The number of hydrogen-bond donors (Lipinski definition) is 1. The first-order chi connectivity index (χ1) is 8.69. The van der Waals surface area contributed by atoms with E-state index in [4.69, 9.17) is 22.1 Å². The van der Waals surface area contributed by atoms with Crippen LogP contribution in [0.25, 0.3) is 0 Å². The van der Waals surface area contributed by atoms with Gasteiger partial charge in [0.2, 0.25) is 0 Å². The summed E-state index contributed by atoms with van der Waals surface area (Å²) in [6.07, 6.45) is 1.65. The number of pyridine rings is 1. The van der Waals surface area contributed by atoms with Crippen LogP contribution in [0.3, 0.4) is 0 Å². The third-order valence-electron chi connectivity index (χ3n) is 2.38. The number of ether oxygens (including phenoxy) is 1. The smallest absolute Gasteiger partial charge is 0.166 e. The minimum atomic E-state index is -0.476. The van der Waals surface area contributed by atoms with Crippen molar-refractivity contribution in [1.82, 2.24) is 4.98 Å². The van der Waals surface area contributed by atoms with Crippen LogP contribution in [-0.4, -0.2) is 4.98 Å². The van der Waals surface area contributed by atoms with Crippen LogP contribution in [-0.2, 0) is 13.2 Å². The first kappa shape index (κ1) is 12.8. The molecule has 0 saturated carbocycles. The number of nitrogens with two attached hydrogens (primary N) is 1. The minimum Gasteiger partial charge on any atom is -0.486 e. The van der Waals surface area contributed by atoms with Gasteiger partial charge in [-0.15, -0.1) is 0 Å². The summed E-state index contributed by atoms with van der Waals surface area (Å²) in [6.45, 7) is 0.622. The third-order valence-corrected chi connectivity index (χ3v) is 2.61. The van der Waals surface area contributed by atoms with Crippen LogP contribution < -0.4 is 10.5 Å². The molecule has 0 amide bonds. The molecule has 0 bridgehead atoms. The van der Waals surface area contributed by atoms with Gasteiger partial charge in [0.1, 0.15) is 6.61 Å². The topological polar surface area (TPSA) is 48.1 Å². The van der Waals surface area contributed by atoms with Crippen LogP contribution in [0.15, 0.2) is 36.5 Å². The standard InChI is InChI=1S/C13H12ClFN2O/c14-10-1-2-13(12(15)6-10)18-8-9-3-4-17-11(5-9)7-16/h1-6H,7-8,16H2. The molecule has 2 rings (SSSR count). The van der Waals surface area contributed by atoms with E-state index in [-0.39, 0.29) is 12.4 Å². The van der Waals surface area contributed by atoms with Gasteiger partial charge in [-0.05, 0) is 35.9 Å². The third kappa shape index (κ3) is 3.18. The fourth-order valence-electron chi connectivity index (χ4n) is 1.48. The van der Waals surface area contributed by atoms with Gasteiger partial charge < -0.3 is 10.5 Å². The van der Waals surface area contributed by atoms with E-state index in [1.54, 1.807) is 18.3 Å². The highest BCUT2D eigenvalue weighted by atomic mass is 35.5. The largest absolute Gasteiger partial charge is 0.486 e. The molecule has 2 N–H and O–H groups in total. The molecule has 94 valence electrons. The van der Waals surface area contributed by atoms with E-state index in [1.807, 2.05) is 6.07 Å². The van der Waals surface area contributed by atoms with Gasteiger partial charge in [0, 0.05) is 17.8 Å². The van der Waals surface area contributed by atoms with Gasteiger partial charge in [-0.25, -0.2) is 4.39 Å². The highest BCUT2D eigenvalue weighted by Gasteiger charge is 2.04. The molecule has 18 heavy (non-hydrogen) atoms. The summed E-state index contributed by atoms with van der Waals surface area (Å²) in [5.41, 5.74) is 7.15. The van der Waals surface area contributed by atoms with Crippen LogP contribution in [0, 0.1) is 5.82 Å². The van der Waals surface area contributed by atoms with Crippen molar-refractivity contribution in [3.05, 3.63) is 58.6 Å². The molecular weight excluding hydrogens is 255 g/mol. The van der Waals surface area contributed by atoms with Gasteiger partial charge in [0.25, 0.3) is 0 Å². The molecule has 0 aliphatic rings. The quantitative estimate of drug-likeness (QED) is 0.926. The van der Waals surface area contributed by atoms with Gasteiger partial charge in [-0.1, -0.05) is 11.6 Å². The first-order valence-corrected chi connectivity index (χ1v) is 5.78. The summed E-state index contributed by atoms with van der Waals surface area (Å²) in [5.74, 6) is -0.305. The maximum Gasteiger partial charge on any atom is 0.166 e. The Bertz CT molecular complexity index is 548. The molecule has 1 aromatic heterocycles.